The topological polar surface area (TPSA) is 50.5 Å². The standard InChI is InChI=1S/C10H21N3O/c11-9-1-3-10(4-2-9)12-13-5-7-14-8-6-13/h9-10,12H,1-8,11H2. The Morgan fingerprint density at radius 2 is 1.71 bits per heavy atom. The molecule has 0 bridgehead atoms. The van der Waals surface area contributed by atoms with E-state index in [1.165, 1.54) is 25.7 Å². The van der Waals surface area contributed by atoms with Crippen molar-refractivity contribution >= 4 is 0 Å². The summed E-state index contributed by atoms with van der Waals surface area (Å²) in [5.74, 6) is 0. The van der Waals surface area contributed by atoms with Crippen molar-refractivity contribution in [1.29, 1.82) is 0 Å². The summed E-state index contributed by atoms with van der Waals surface area (Å²) in [5.41, 5.74) is 9.44. The van der Waals surface area contributed by atoms with Crippen molar-refractivity contribution < 1.29 is 4.74 Å². The first-order valence-electron chi connectivity index (χ1n) is 5.69. The van der Waals surface area contributed by atoms with Gasteiger partial charge in [0.15, 0.2) is 0 Å². The molecule has 1 aliphatic heterocycles. The van der Waals surface area contributed by atoms with E-state index in [-0.39, 0.29) is 0 Å². The van der Waals surface area contributed by atoms with Crippen LogP contribution in [0.4, 0.5) is 0 Å². The summed E-state index contributed by atoms with van der Waals surface area (Å²) < 4.78 is 5.30. The lowest BCUT2D eigenvalue weighted by Crippen LogP contribution is -2.51. The molecule has 1 saturated heterocycles. The van der Waals surface area contributed by atoms with E-state index >= 15 is 0 Å². The van der Waals surface area contributed by atoms with E-state index in [0.717, 1.165) is 26.3 Å². The molecule has 1 saturated carbocycles. The minimum Gasteiger partial charge on any atom is -0.379 e. The van der Waals surface area contributed by atoms with Gasteiger partial charge >= 0.3 is 0 Å². The van der Waals surface area contributed by atoms with Gasteiger partial charge in [0.05, 0.1) is 13.2 Å². The largest absolute Gasteiger partial charge is 0.379 e. The van der Waals surface area contributed by atoms with E-state index in [1.807, 2.05) is 0 Å². The van der Waals surface area contributed by atoms with Crippen LogP contribution in [0, 0.1) is 0 Å². The molecule has 0 aromatic rings. The molecule has 4 heteroatoms. The van der Waals surface area contributed by atoms with Crippen molar-refractivity contribution in [2.45, 2.75) is 37.8 Å². The number of nitrogens with two attached hydrogens (primary N) is 1. The van der Waals surface area contributed by atoms with Gasteiger partial charge in [-0.05, 0) is 25.7 Å². The number of hydrazine groups is 1. The van der Waals surface area contributed by atoms with Gasteiger partial charge in [0, 0.05) is 25.2 Å². The molecular weight excluding hydrogens is 178 g/mol. The molecule has 3 N–H and O–H groups in total. The maximum absolute atomic E-state index is 5.87. The van der Waals surface area contributed by atoms with Crippen LogP contribution in [0.15, 0.2) is 0 Å². The predicted octanol–water partition coefficient (Wildman–Crippen LogP) is 0.0931. The number of morpholine rings is 1. The third kappa shape index (κ3) is 2.92. The van der Waals surface area contributed by atoms with Gasteiger partial charge < -0.3 is 10.5 Å². The normalized spacial score (nSPS) is 35.8. The van der Waals surface area contributed by atoms with Crippen LogP contribution in [-0.2, 0) is 4.74 Å². The lowest BCUT2D eigenvalue weighted by molar-refractivity contribution is -0.0000574. The van der Waals surface area contributed by atoms with E-state index in [1.54, 1.807) is 0 Å². The van der Waals surface area contributed by atoms with Crippen LogP contribution in [-0.4, -0.2) is 43.4 Å². The second-order valence-corrected chi connectivity index (χ2v) is 4.34. The molecule has 0 amide bonds. The van der Waals surface area contributed by atoms with Crippen LogP contribution in [0.2, 0.25) is 0 Å². The molecule has 82 valence electrons. The highest BCUT2D eigenvalue weighted by atomic mass is 16.5. The number of nitrogens with one attached hydrogen (secondary N) is 1. The van der Waals surface area contributed by atoms with E-state index in [0.29, 0.717) is 12.1 Å². The molecule has 4 nitrogen and oxygen atoms in total. The van der Waals surface area contributed by atoms with E-state index in [4.69, 9.17) is 10.5 Å². The van der Waals surface area contributed by atoms with Crippen molar-refractivity contribution in [2.75, 3.05) is 26.3 Å². The lowest BCUT2D eigenvalue weighted by atomic mass is 9.92. The summed E-state index contributed by atoms with van der Waals surface area (Å²) in [6.45, 7) is 3.75. The lowest BCUT2D eigenvalue weighted by Gasteiger charge is -2.34. The molecule has 2 rings (SSSR count). The van der Waals surface area contributed by atoms with Gasteiger partial charge in [-0.15, -0.1) is 0 Å². The van der Waals surface area contributed by atoms with Crippen molar-refractivity contribution in [2.24, 2.45) is 5.73 Å². The zero-order valence-electron chi connectivity index (χ0n) is 8.74. The van der Waals surface area contributed by atoms with Gasteiger partial charge in [0.25, 0.3) is 0 Å². The summed E-state index contributed by atoms with van der Waals surface area (Å²) in [4.78, 5) is 0. The van der Waals surface area contributed by atoms with Crippen molar-refractivity contribution in [3.05, 3.63) is 0 Å². The maximum Gasteiger partial charge on any atom is 0.0608 e. The Morgan fingerprint density at radius 3 is 2.36 bits per heavy atom. The summed E-state index contributed by atoms with van der Waals surface area (Å²) in [6, 6.07) is 1.09. The Balaban J connectivity index is 1.68. The van der Waals surface area contributed by atoms with Gasteiger partial charge in [-0.3, -0.25) is 5.43 Å². The quantitative estimate of drug-likeness (QED) is 0.662. The molecule has 0 unspecified atom stereocenters. The average Bonchev–Trinajstić information content (AvgIpc) is 2.23. The van der Waals surface area contributed by atoms with Crippen molar-refractivity contribution in [3.63, 3.8) is 0 Å². The minimum absolute atomic E-state index is 0.442. The highest BCUT2D eigenvalue weighted by Crippen LogP contribution is 2.17. The number of hydrogen-bond acceptors (Lipinski definition) is 4. The molecule has 0 atom stereocenters. The number of ether oxygens (including phenoxy) is 1. The Hall–Kier alpha value is -0.160. The van der Waals surface area contributed by atoms with Gasteiger partial charge in [0.2, 0.25) is 0 Å². The van der Waals surface area contributed by atoms with Crippen LogP contribution in [0.5, 0.6) is 0 Å². The second-order valence-electron chi connectivity index (χ2n) is 4.34. The Kier molecular flexibility index (Phi) is 3.75. The van der Waals surface area contributed by atoms with Crippen LogP contribution in [0.3, 0.4) is 0 Å². The summed E-state index contributed by atoms with van der Waals surface area (Å²) in [6.07, 6.45) is 4.78. The third-order valence-electron chi connectivity index (χ3n) is 3.15. The molecule has 1 aliphatic carbocycles. The van der Waals surface area contributed by atoms with Gasteiger partial charge in [-0.2, -0.15) is 0 Å². The number of rotatable bonds is 2. The predicted molar refractivity (Wildman–Crippen MR) is 55.8 cm³/mol. The van der Waals surface area contributed by atoms with Gasteiger partial charge in [-0.25, -0.2) is 5.01 Å². The van der Waals surface area contributed by atoms with E-state index in [2.05, 4.69) is 10.4 Å². The second kappa shape index (κ2) is 5.07. The van der Waals surface area contributed by atoms with Crippen LogP contribution in [0.25, 0.3) is 0 Å². The minimum atomic E-state index is 0.442. The zero-order valence-corrected chi connectivity index (χ0v) is 8.74. The van der Waals surface area contributed by atoms with Crippen LogP contribution < -0.4 is 11.2 Å². The Labute approximate surface area is 85.7 Å². The fourth-order valence-corrected chi connectivity index (χ4v) is 2.20. The summed E-state index contributed by atoms with van der Waals surface area (Å²) in [7, 11) is 0. The fraction of sp³-hybridized carbons (Fsp3) is 1.00. The summed E-state index contributed by atoms with van der Waals surface area (Å²) >= 11 is 0. The highest BCUT2D eigenvalue weighted by molar-refractivity contribution is 4.78. The first-order chi connectivity index (χ1) is 6.84. The highest BCUT2D eigenvalue weighted by Gasteiger charge is 2.20. The van der Waals surface area contributed by atoms with Gasteiger partial charge in [-0.1, -0.05) is 0 Å². The first-order valence-corrected chi connectivity index (χ1v) is 5.69. The average molecular weight is 199 g/mol. The molecule has 0 spiro atoms. The fourth-order valence-electron chi connectivity index (χ4n) is 2.20. The molecule has 2 fully saturated rings. The Bertz CT molecular complexity index is 163. The first kappa shape index (κ1) is 10.4. The monoisotopic (exact) mass is 199 g/mol. The van der Waals surface area contributed by atoms with E-state index < -0.39 is 0 Å². The van der Waals surface area contributed by atoms with E-state index in [9.17, 15) is 0 Å². The SMILES string of the molecule is NC1CCC(NN2CCOCC2)CC1. The number of nitrogens with zero attached hydrogens (tertiary/aromatic N) is 1. The number of hydrogen-bond donors (Lipinski definition) is 2. The molecule has 0 aromatic heterocycles. The molecule has 2 aliphatic rings. The van der Waals surface area contributed by atoms with Crippen LogP contribution >= 0.6 is 0 Å². The van der Waals surface area contributed by atoms with Gasteiger partial charge in [0.1, 0.15) is 0 Å². The molecule has 1 heterocycles. The van der Waals surface area contributed by atoms with Crippen molar-refractivity contribution in [1.82, 2.24) is 10.4 Å². The zero-order chi connectivity index (χ0) is 9.80. The van der Waals surface area contributed by atoms with Crippen molar-refractivity contribution in [3.8, 4) is 0 Å². The Morgan fingerprint density at radius 1 is 1.07 bits per heavy atom. The summed E-state index contributed by atoms with van der Waals surface area (Å²) in [5, 5.41) is 2.30. The molecule has 0 radical (unpaired) electrons. The van der Waals surface area contributed by atoms with Crippen LogP contribution in [0.1, 0.15) is 25.7 Å². The molecular formula is C10H21N3O. The smallest absolute Gasteiger partial charge is 0.0608 e. The third-order valence-corrected chi connectivity index (χ3v) is 3.15. The molecule has 0 aromatic carbocycles. The maximum atomic E-state index is 5.87. The molecule has 14 heavy (non-hydrogen) atoms.